The van der Waals surface area contributed by atoms with Gasteiger partial charge in [0.1, 0.15) is 17.2 Å². The number of nitrogens with two attached hydrogens (primary N) is 1. The lowest BCUT2D eigenvalue weighted by atomic mass is 10.1. The summed E-state index contributed by atoms with van der Waals surface area (Å²) in [5.41, 5.74) is 7.17. The summed E-state index contributed by atoms with van der Waals surface area (Å²) in [5, 5.41) is 2.91. The third kappa shape index (κ3) is 6.60. The first-order chi connectivity index (χ1) is 14.9. The predicted octanol–water partition coefficient (Wildman–Crippen LogP) is 4.54. The Morgan fingerprint density at radius 3 is 1.84 bits per heavy atom. The third-order valence-corrected chi connectivity index (χ3v) is 4.45. The van der Waals surface area contributed by atoms with Crippen molar-refractivity contribution in [2.45, 2.75) is 20.4 Å². The second kappa shape index (κ2) is 10.3. The molecular formula is C25H26N2O4. The van der Waals surface area contributed by atoms with Gasteiger partial charge < -0.3 is 20.5 Å². The minimum Gasteiger partial charge on any atom is -0.493 e. The number of carbonyl (C=O) groups excluding carboxylic acids is 2. The summed E-state index contributed by atoms with van der Waals surface area (Å²) < 4.78 is 11.4. The first-order valence-corrected chi connectivity index (χ1v) is 10.1. The lowest BCUT2D eigenvalue weighted by Crippen LogP contribution is -2.22. The molecule has 0 unspecified atom stereocenters. The van der Waals surface area contributed by atoms with E-state index in [-0.39, 0.29) is 5.91 Å². The monoisotopic (exact) mass is 418 g/mol. The Morgan fingerprint density at radius 1 is 0.806 bits per heavy atom. The van der Waals surface area contributed by atoms with Crippen LogP contribution in [0.2, 0.25) is 0 Å². The van der Waals surface area contributed by atoms with Gasteiger partial charge in [0.25, 0.3) is 5.91 Å². The second-order valence-corrected chi connectivity index (χ2v) is 7.55. The molecule has 0 aromatic heterocycles. The maximum atomic E-state index is 12.4. The normalized spacial score (nSPS) is 10.5. The SMILES string of the molecule is CC(C)COc1ccc(CNC(=O)c2ccc(Oc3ccc(C(N)=O)cc3)cc2)cc1. The zero-order chi connectivity index (χ0) is 22.2. The van der Waals surface area contributed by atoms with E-state index in [9.17, 15) is 9.59 Å². The van der Waals surface area contributed by atoms with E-state index in [1.165, 1.54) is 0 Å². The molecule has 0 heterocycles. The van der Waals surface area contributed by atoms with Crippen LogP contribution < -0.4 is 20.5 Å². The van der Waals surface area contributed by atoms with E-state index in [4.69, 9.17) is 15.2 Å². The van der Waals surface area contributed by atoms with E-state index >= 15 is 0 Å². The Hall–Kier alpha value is -3.80. The average molecular weight is 418 g/mol. The summed E-state index contributed by atoms with van der Waals surface area (Å²) in [5.74, 6) is 1.79. The molecule has 0 saturated heterocycles. The molecule has 31 heavy (non-hydrogen) atoms. The number of carbonyl (C=O) groups is 2. The molecule has 6 nitrogen and oxygen atoms in total. The minimum absolute atomic E-state index is 0.169. The average Bonchev–Trinajstić information content (AvgIpc) is 2.77. The van der Waals surface area contributed by atoms with Crippen LogP contribution in [0.25, 0.3) is 0 Å². The summed E-state index contributed by atoms with van der Waals surface area (Å²) in [6, 6.07) is 21.1. The topological polar surface area (TPSA) is 90.7 Å². The maximum Gasteiger partial charge on any atom is 0.251 e. The number of ether oxygens (including phenoxy) is 2. The smallest absolute Gasteiger partial charge is 0.251 e. The van der Waals surface area contributed by atoms with E-state index in [0.29, 0.717) is 41.7 Å². The van der Waals surface area contributed by atoms with Crippen LogP contribution in [0.5, 0.6) is 17.2 Å². The van der Waals surface area contributed by atoms with Crippen LogP contribution in [0.15, 0.2) is 72.8 Å². The molecule has 0 spiro atoms. The van der Waals surface area contributed by atoms with Crippen LogP contribution in [-0.4, -0.2) is 18.4 Å². The van der Waals surface area contributed by atoms with Gasteiger partial charge in [0.05, 0.1) is 6.61 Å². The first-order valence-electron chi connectivity index (χ1n) is 10.1. The van der Waals surface area contributed by atoms with Gasteiger partial charge >= 0.3 is 0 Å². The summed E-state index contributed by atoms with van der Waals surface area (Å²) in [6.07, 6.45) is 0. The fraction of sp³-hybridized carbons (Fsp3) is 0.200. The summed E-state index contributed by atoms with van der Waals surface area (Å²) in [4.78, 5) is 23.5. The summed E-state index contributed by atoms with van der Waals surface area (Å²) in [7, 11) is 0. The Balaban J connectivity index is 1.51. The molecule has 0 aliphatic heterocycles. The lowest BCUT2D eigenvalue weighted by molar-refractivity contribution is 0.0949. The van der Waals surface area contributed by atoms with Gasteiger partial charge in [-0.1, -0.05) is 26.0 Å². The van der Waals surface area contributed by atoms with E-state index in [1.807, 2.05) is 24.3 Å². The molecule has 0 bridgehead atoms. The number of rotatable bonds is 9. The number of nitrogens with one attached hydrogen (secondary N) is 1. The quantitative estimate of drug-likeness (QED) is 0.534. The predicted molar refractivity (Wildman–Crippen MR) is 119 cm³/mol. The van der Waals surface area contributed by atoms with Crippen LogP contribution in [0.3, 0.4) is 0 Å². The molecular weight excluding hydrogens is 392 g/mol. The molecule has 0 fully saturated rings. The molecule has 0 aliphatic carbocycles. The van der Waals surface area contributed by atoms with Crippen molar-refractivity contribution in [2.75, 3.05) is 6.61 Å². The van der Waals surface area contributed by atoms with E-state index in [2.05, 4.69) is 19.2 Å². The lowest BCUT2D eigenvalue weighted by Gasteiger charge is -2.10. The first kappa shape index (κ1) is 21.9. The van der Waals surface area contributed by atoms with E-state index < -0.39 is 5.91 Å². The molecule has 0 saturated carbocycles. The number of hydrogen-bond acceptors (Lipinski definition) is 4. The van der Waals surface area contributed by atoms with Gasteiger partial charge in [-0.05, 0) is 72.1 Å². The van der Waals surface area contributed by atoms with Crippen molar-refractivity contribution in [3.05, 3.63) is 89.5 Å². The van der Waals surface area contributed by atoms with Crippen molar-refractivity contribution in [3.63, 3.8) is 0 Å². The van der Waals surface area contributed by atoms with Gasteiger partial charge in [-0.25, -0.2) is 0 Å². The number of primary amides is 1. The van der Waals surface area contributed by atoms with E-state index in [1.54, 1.807) is 48.5 Å². The second-order valence-electron chi connectivity index (χ2n) is 7.55. The molecule has 0 radical (unpaired) electrons. The molecule has 0 atom stereocenters. The fourth-order valence-electron chi connectivity index (χ4n) is 2.75. The Bertz CT molecular complexity index is 1010. The highest BCUT2D eigenvalue weighted by molar-refractivity contribution is 5.94. The zero-order valence-corrected chi connectivity index (χ0v) is 17.6. The van der Waals surface area contributed by atoms with Gasteiger partial charge in [0.15, 0.2) is 0 Å². The summed E-state index contributed by atoms with van der Waals surface area (Å²) >= 11 is 0. The molecule has 0 aliphatic rings. The standard InChI is InChI=1S/C25H26N2O4/c1-17(2)16-30-21-9-3-18(4-10-21)15-27-25(29)20-7-13-23(14-8-20)31-22-11-5-19(6-12-22)24(26)28/h3-14,17H,15-16H2,1-2H3,(H2,26,28)(H,27,29). The fourth-order valence-corrected chi connectivity index (χ4v) is 2.75. The molecule has 6 heteroatoms. The number of hydrogen-bond donors (Lipinski definition) is 2. The van der Waals surface area contributed by atoms with Crippen LogP contribution in [-0.2, 0) is 6.54 Å². The largest absolute Gasteiger partial charge is 0.493 e. The van der Waals surface area contributed by atoms with Crippen LogP contribution in [0.4, 0.5) is 0 Å². The molecule has 2 amide bonds. The number of benzene rings is 3. The van der Waals surface area contributed by atoms with Gasteiger partial charge in [-0.15, -0.1) is 0 Å². The van der Waals surface area contributed by atoms with Crippen molar-refractivity contribution in [1.82, 2.24) is 5.32 Å². The molecule has 3 N–H and O–H groups in total. The van der Waals surface area contributed by atoms with Crippen molar-refractivity contribution >= 4 is 11.8 Å². The van der Waals surface area contributed by atoms with Crippen LogP contribution in [0, 0.1) is 5.92 Å². The van der Waals surface area contributed by atoms with Crippen molar-refractivity contribution in [1.29, 1.82) is 0 Å². The summed E-state index contributed by atoms with van der Waals surface area (Å²) in [6.45, 7) is 5.30. The van der Waals surface area contributed by atoms with Crippen molar-refractivity contribution < 1.29 is 19.1 Å². The molecule has 3 rings (SSSR count). The van der Waals surface area contributed by atoms with Gasteiger partial charge in [0, 0.05) is 17.7 Å². The highest BCUT2D eigenvalue weighted by Crippen LogP contribution is 2.22. The Morgan fingerprint density at radius 2 is 1.32 bits per heavy atom. The molecule has 3 aromatic rings. The zero-order valence-electron chi connectivity index (χ0n) is 17.6. The van der Waals surface area contributed by atoms with Crippen molar-refractivity contribution in [3.8, 4) is 17.2 Å². The van der Waals surface area contributed by atoms with Crippen LogP contribution in [0.1, 0.15) is 40.1 Å². The third-order valence-electron chi connectivity index (χ3n) is 4.45. The Kier molecular flexibility index (Phi) is 7.27. The number of amides is 2. The van der Waals surface area contributed by atoms with Gasteiger partial charge in [-0.3, -0.25) is 9.59 Å². The van der Waals surface area contributed by atoms with Gasteiger partial charge in [-0.2, -0.15) is 0 Å². The van der Waals surface area contributed by atoms with Crippen LogP contribution >= 0.6 is 0 Å². The van der Waals surface area contributed by atoms with E-state index in [0.717, 1.165) is 11.3 Å². The molecule has 3 aromatic carbocycles. The van der Waals surface area contributed by atoms with Gasteiger partial charge in [0.2, 0.25) is 5.91 Å². The minimum atomic E-state index is -0.489. The van der Waals surface area contributed by atoms with Crippen molar-refractivity contribution in [2.24, 2.45) is 11.7 Å². The maximum absolute atomic E-state index is 12.4. The Labute approximate surface area is 182 Å². The highest BCUT2D eigenvalue weighted by Gasteiger charge is 2.07. The highest BCUT2D eigenvalue weighted by atomic mass is 16.5. The molecule has 160 valence electrons.